The van der Waals surface area contributed by atoms with Crippen LogP contribution in [0.15, 0.2) is 18.2 Å². The second-order valence-corrected chi connectivity index (χ2v) is 6.02. The summed E-state index contributed by atoms with van der Waals surface area (Å²) in [4.78, 5) is 18.6. The number of hydrogen-bond acceptors (Lipinski definition) is 5. The molecule has 0 radical (unpaired) electrons. The van der Waals surface area contributed by atoms with Gasteiger partial charge in [0, 0.05) is 25.2 Å². The second-order valence-electron chi connectivity index (χ2n) is 4.99. The van der Waals surface area contributed by atoms with Crippen molar-refractivity contribution in [2.75, 3.05) is 25.1 Å². The SMILES string of the molecule is CC[C@@H](C)C(=O)c1nc2ccc(N(C)CCO)cc2s1. The summed E-state index contributed by atoms with van der Waals surface area (Å²) in [5.74, 6) is 0.144. The maximum absolute atomic E-state index is 12.2. The Bertz CT molecular complexity index is 609. The zero-order valence-corrected chi connectivity index (χ0v) is 12.9. The van der Waals surface area contributed by atoms with Crippen LogP contribution in [0, 0.1) is 5.92 Å². The van der Waals surface area contributed by atoms with E-state index in [0.29, 0.717) is 11.6 Å². The lowest BCUT2D eigenvalue weighted by Gasteiger charge is -2.17. The number of thiazole rings is 1. The van der Waals surface area contributed by atoms with E-state index in [9.17, 15) is 4.79 Å². The monoisotopic (exact) mass is 292 g/mol. The summed E-state index contributed by atoms with van der Waals surface area (Å²) >= 11 is 1.45. The molecule has 2 aromatic rings. The fourth-order valence-electron chi connectivity index (χ4n) is 1.93. The van der Waals surface area contributed by atoms with Crippen molar-refractivity contribution in [3.8, 4) is 0 Å². The van der Waals surface area contributed by atoms with E-state index in [-0.39, 0.29) is 18.3 Å². The van der Waals surface area contributed by atoms with Crippen LogP contribution in [0.1, 0.15) is 30.1 Å². The third-order valence-electron chi connectivity index (χ3n) is 3.52. The molecule has 1 aromatic carbocycles. The standard InChI is InChI=1S/C15H20N2O2S/c1-4-10(2)14(19)15-16-12-6-5-11(9-13(12)20-15)17(3)7-8-18/h5-6,9-10,18H,4,7-8H2,1-3H3/t10-/m1/s1. The van der Waals surface area contributed by atoms with Gasteiger partial charge in [0.2, 0.25) is 0 Å². The first-order valence-corrected chi connectivity index (χ1v) is 7.65. The Balaban J connectivity index is 2.32. The second kappa shape index (κ2) is 6.33. The van der Waals surface area contributed by atoms with Crippen molar-refractivity contribution < 1.29 is 9.90 Å². The van der Waals surface area contributed by atoms with Gasteiger partial charge in [-0.2, -0.15) is 0 Å². The van der Waals surface area contributed by atoms with Gasteiger partial charge < -0.3 is 10.0 Å². The van der Waals surface area contributed by atoms with Crippen LogP contribution < -0.4 is 4.90 Å². The Hall–Kier alpha value is -1.46. The van der Waals surface area contributed by atoms with Crippen molar-refractivity contribution in [1.29, 1.82) is 0 Å². The lowest BCUT2D eigenvalue weighted by molar-refractivity contribution is 0.0927. The minimum absolute atomic E-state index is 0.0205. The van der Waals surface area contributed by atoms with Gasteiger partial charge in [0.05, 0.1) is 16.8 Å². The summed E-state index contributed by atoms with van der Waals surface area (Å²) in [5.41, 5.74) is 1.89. The number of carbonyl (C=O) groups excluding carboxylic acids is 1. The van der Waals surface area contributed by atoms with E-state index in [0.717, 1.165) is 22.3 Å². The van der Waals surface area contributed by atoms with Crippen LogP contribution in [-0.4, -0.2) is 36.1 Å². The molecule has 4 nitrogen and oxygen atoms in total. The third-order valence-corrected chi connectivity index (χ3v) is 4.55. The molecule has 5 heteroatoms. The van der Waals surface area contributed by atoms with Gasteiger partial charge in [-0.1, -0.05) is 13.8 Å². The largest absolute Gasteiger partial charge is 0.395 e. The lowest BCUT2D eigenvalue weighted by Crippen LogP contribution is -2.20. The highest BCUT2D eigenvalue weighted by Crippen LogP contribution is 2.28. The molecule has 0 bridgehead atoms. The number of benzene rings is 1. The van der Waals surface area contributed by atoms with Crippen LogP contribution >= 0.6 is 11.3 Å². The Kier molecular flexibility index (Phi) is 4.73. The Labute approximate surface area is 123 Å². The number of nitrogens with zero attached hydrogens (tertiary/aromatic N) is 2. The molecule has 108 valence electrons. The zero-order valence-electron chi connectivity index (χ0n) is 12.1. The number of aromatic nitrogens is 1. The van der Waals surface area contributed by atoms with E-state index in [4.69, 9.17) is 5.11 Å². The summed E-state index contributed by atoms with van der Waals surface area (Å²) in [5, 5.41) is 9.57. The molecule has 0 aliphatic carbocycles. The quantitative estimate of drug-likeness (QED) is 0.832. The van der Waals surface area contributed by atoms with Gasteiger partial charge in [-0.05, 0) is 24.6 Å². The first kappa shape index (κ1) is 14.9. The molecule has 0 aliphatic heterocycles. The van der Waals surface area contributed by atoms with E-state index in [1.807, 2.05) is 44.0 Å². The number of Topliss-reactive ketones (excluding diaryl/α,β-unsaturated/α-hetero) is 1. The molecule has 0 spiro atoms. The van der Waals surface area contributed by atoms with Crippen LogP contribution in [0.3, 0.4) is 0 Å². The molecule has 0 amide bonds. The molecular weight excluding hydrogens is 272 g/mol. The van der Waals surface area contributed by atoms with Crippen molar-refractivity contribution in [2.45, 2.75) is 20.3 Å². The average Bonchev–Trinajstić information content (AvgIpc) is 2.88. The van der Waals surface area contributed by atoms with E-state index in [1.54, 1.807) is 0 Å². The molecule has 0 saturated heterocycles. The highest BCUT2D eigenvalue weighted by atomic mass is 32.1. The number of anilines is 1. The van der Waals surface area contributed by atoms with E-state index in [1.165, 1.54) is 11.3 Å². The Morgan fingerprint density at radius 1 is 1.50 bits per heavy atom. The number of rotatable bonds is 6. The highest BCUT2D eigenvalue weighted by molar-refractivity contribution is 7.20. The molecule has 1 N–H and O–H groups in total. The van der Waals surface area contributed by atoms with Gasteiger partial charge in [-0.15, -0.1) is 11.3 Å². The fraction of sp³-hybridized carbons (Fsp3) is 0.467. The zero-order chi connectivity index (χ0) is 14.7. The van der Waals surface area contributed by atoms with Crippen LogP contribution in [0.5, 0.6) is 0 Å². The number of aliphatic hydroxyl groups excluding tert-OH is 1. The smallest absolute Gasteiger partial charge is 0.194 e. The van der Waals surface area contributed by atoms with Crippen molar-refractivity contribution >= 4 is 33.0 Å². The Morgan fingerprint density at radius 3 is 2.90 bits per heavy atom. The normalized spacial score (nSPS) is 12.6. The predicted molar refractivity (Wildman–Crippen MR) is 83.8 cm³/mol. The summed E-state index contributed by atoms with van der Waals surface area (Å²) in [6, 6.07) is 5.92. The van der Waals surface area contributed by atoms with Gasteiger partial charge in [0.25, 0.3) is 0 Å². The van der Waals surface area contributed by atoms with Gasteiger partial charge in [0.1, 0.15) is 0 Å². The molecule has 1 heterocycles. The van der Waals surface area contributed by atoms with Crippen LogP contribution in [-0.2, 0) is 0 Å². The van der Waals surface area contributed by atoms with Gasteiger partial charge in [-0.25, -0.2) is 4.98 Å². The lowest BCUT2D eigenvalue weighted by atomic mass is 10.0. The molecule has 0 fully saturated rings. The Morgan fingerprint density at radius 2 is 2.25 bits per heavy atom. The molecule has 1 aromatic heterocycles. The molecule has 0 saturated carbocycles. The fourth-order valence-corrected chi connectivity index (χ4v) is 2.98. The molecule has 0 unspecified atom stereocenters. The number of carbonyl (C=O) groups is 1. The van der Waals surface area contributed by atoms with Crippen LogP contribution in [0.4, 0.5) is 5.69 Å². The predicted octanol–water partition coefficient (Wildman–Crippen LogP) is 2.95. The molecule has 1 atom stereocenters. The summed E-state index contributed by atoms with van der Waals surface area (Å²) in [7, 11) is 1.93. The molecular formula is C15H20N2O2S. The number of hydrogen-bond donors (Lipinski definition) is 1. The number of fused-ring (bicyclic) bond motifs is 1. The number of likely N-dealkylation sites (N-methyl/N-ethyl adjacent to an activating group) is 1. The van der Waals surface area contributed by atoms with E-state index in [2.05, 4.69) is 4.98 Å². The number of aliphatic hydroxyl groups is 1. The van der Waals surface area contributed by atoms with Crippen LogP contribution in [0.25, 0.3) is 10.2 Å². The van der Waals surface area contributed by atoms with Crippen molar-refractivity contribution in [3.05, 3.63) is 23.2 Å². The first-order valence-electron chi connectivity index (χ1n) is 6.83. The summed E-state index contributed by atoms with van der Waals surface area (Å²) in [6.45, 7) is 4.66. The maximum Gasteiger partial charge on any atom is 0.194 e. The summed E-state index contributed by atoms with van der Waals surface area (Å²) in [6.07, 6.45) is 0.833. The molecule has 2 rings (SSSR count). The summed E-state index contributed by atoms with van der Waals surface area (Å²) < 4.78 is 1.01. The first-order chi connectivity index (χ1) is 9.56. The van der Waals surface area contributed by atoms with Gasteiger partial charge in [0.15, 0.2) is 10.8 Å². The van der Waals surface area contributed by atoms with Crippen molar-refractivity contribution in [2.24, 2.45) is 5.92 Å². The highest BCUT2D eigenvalue weighted by Gasteiger charge is 2.18. The minimum Gasteiger partial charge on any atom is -0.395 e. The minimum atomic E-state index is 0.0205. The van der Waals surface area contributed by atoms with Crippen molar-refractivity contribution in [1.82, 2.24) is 4.98 Å². The molecule has 0 aliphatic rings. The van der Waals surface area contributed by atoms with E-state index >= 15 is 0 Å². The third kappa shape index (κ3) is 2.99. The topological polar surface area (TPSA) is 53.4 Å². The number of ketones is 1. The maximum atomic E-state index is 12.2. The van der Waals surface area contributed by atoms with E-state index < -0.39 is 0 Å². The molecule has 20 heavy (non-hydrogen) atoms. The van der Waals surface area contributed by atoms with Crippen LogP contribution in [0.2, 0.25) is 0 Å². The van der Waals surface area contributed by atoms with Crippen molar-refractivity contribution in [3.63, 3.8) is 0 Å². The van der Waals surface area contributed by atoms with Gasteiger partial charge in [-0.3, -0.25) is 4.79 Å². The van der Waals surface area contributed by atoms with Gasteiger partial charge >= 0.3 is 0 Å². The average molecular weight is 292 g/mol.